The average molecular weight is 658 g/mol. The Morgan fingerprint density at radius 2 is 0.957 bits per heavy atom. The lowest BCUT2D eigenvalue weighted by atomic mass is 10.2. The van der Waals surface area contributed by atoms with Crippen molar-refractivity contribution >= 4 is 22.9 Å². The Morgan fingerprint density at radius 3 is 1.35 bits per heavy atom. The van der Waals surface area contributed by atoms with Crippen molar-refractivity contribution in [3.8, 4) is 28.7 Å². The smallest absolute Gasteiger partial charge is 0.418 e. The third kappa shape index (κ3) is 9.66. The summed E-state index contributed by atoms with van der Waals surface area (Å²) < 4.78 is 37.1. The molecular formula is C35H33NO8P2. The van der Waals surface area contributed by atoms with Gasteiger partial charge in [-0.05, 0) is 105 Å². The number of rotatable bonds is 14. The van der Waals surface area contributed by atoms with Crippen LogP contribution in [0.25, 0.3) is 0 Å². The van der Waals surface area contributed by atoms with Gasteiger partial charge in [0, 0.05) is 11.6 Å². The molecule has 0 saturated carbocycles. The van der Waals surface area contributed by atoms with Gasteiger partial charge in [0.25, 0.3) is 5.69 Å². The van der Waals surface area contributed by atoms with Crippen LogP contribution in [0, 0.1) is 37.8 Å². The lowest BCUT2D eigenvalue weighted by molar-refractivity contribution is -0.384. The van der Waals surface area contributed by atoms with Crippen molar-refractivity contribution < 1.29 is 32.1 Å². The van der Waals surface area contributed by atoms with Gasteiger partial charge in [0.15, 0.2) is 0 Å². The summed E-state index contributed by atoms with van der Waals surface area (Å²) in [6, 6.07) is 34.3. The van der Waals surface area contributed by atoms with Crippen LogP contribution in [0.5, 0.6) is 28.7 Å². The van der Waals surface area contributed by atoms with Crippen molar-refractivity contribution in [3.05, 3.63) is 153 Å². The molecular weight excluding hydrogens is 624 g/mol. The monoisotopic (exact) mass is 657 g/mol. The van der Waals surface area contributed by atoms with Crippen molar-refractivity contribution in [2.45, 2.75) is 34.3 Å². The van der Waals surface area contributed by atoms with E-state index in [1.807, 2.05) is 113 Å². The molecule has 236 valence electrons. The van der Waals surface area contributed by atoms with E-state index in [0.717, 1.165) is 22.3 Å². The van der Waals surface area contributed by atoms with Crippen LogP contribution in [-0.4, -0.2) is 4.92 Å². The molecule has 0 fully saturated rings. The molecule has 0 aliphatic rings. The van der Waals surface area contributed by atoms with E-state index in [2.05, 4.69) is 0 Å². The summed E-state index contributed by atoms with van der Waals surface area (Å²) in [7, 11) is -4.06. The van der Waals surface area contributed by atoms with Crippen LogP contribution in [0.2, 0.25) is 0 Å². The fourth-order valence-electron chi connectivity index (χ4n) is 4.22. The van der Waals surface area contributed by atoms with Crippen LogP contribution in [-0.2, 0) is 11.1 Å². The van der Waals surface area contributed by atoms with Gasteiger partial charge in [0.1, 0.15) is 28.7 Å². The summed E-state index contributed by atoms with van der Waals surface area (Å²) in [6.07, 6.45) is 0. The summed E-state index contributed by atoms with van der Waals surface area (Å²) >= 11 is 0. The van der Waals surface area contributed by atoms with Crippen LogP contribution in [0.15, 0.2) is 115 Å². The number of nitro benzene ring substituents is 1. The Labute approximate surface area is 270 Å². The van der Waals surface area contributed by atoms with Gasteiger partial charge in [0.05, 0.1) is 17.6 Å². The molecule has 5 rings (SSSR count). The highest BCUT2D eigenvalue weighted by Gasteiger charge is 2.25. The molecule has 0 unspecified atom stereocenters. The maximum absolute atomic E-state index is 11.8. The highest BCUT2D eigenvalue weighted by Crippen LogP contribution is 2.47. The molecule has 11 heteroatoms. The Bertz CT molecular complexity index is 1710. The number of hydrogen-bond donors (Lipinski definition) is 0. The molecule has 0 amide bonds. The van der Waals surface area contributed by atoms with Crippen molar-refractivity contribution in [1.29, 1.82) is 0 Å². The summed E-state index contributed by atoms with van der Waals surface area (Å²) in [5, 5.41) is 11.8. The molecule has 46 heavy (non-hydrogen) atoms. The van der Waals surface area contributed by atoms with Crippen LogP contribution in [0.3, 0.4) is 0 Å². The second-order valence-electron chi connectivity index (χ2n) is 10.5. The van der Waals surface area contributed by atoms with E-state index in [0.29, 0.717) is 28.6 Å². The van der Waals surface area contributed by atoms with Gasteiger partial charge in [0.2, 0.25) is 0 Å². The molecule has 0 N–H and O–H groups in total. The molecule has 0 atom stereocenters. The van der Waals surface area contributed by atoms with E-state index in [9.17, 15) is 10.1 Å². The molecule has 0 radical (unpaired) electrons. The lowest BCUT2D eigenvalue weighted by Crippen LogP contribution is -2.06. The Balaban J connectivity index is 1.43. The first-order chi connectivity index (χ1) is 22.2. The fourth-order valence-corrected chi connectivity index (χ4v) is 6.20. The number of nitrogens with zero attached hydrogens (tertiary/aromatic N) is 1. The van der Waals surface area contributed by atoms with Gasteiger partial charge in [-0.3, -0.25) is 14.6 Å². The van der Waals surface area contributed by atoms with E-state index >= 15 is 0 Å². The minimum atomic E-state index is -2.11. The Morgan fingerprint density at radius 1 is 0.543 bits per heavy atom. The van der Waals surface area contributed by atoms with Crippen molar-refractivity contribution in [2.75, 3.05) is 0 Å². The van der Waals surface area contributed by atoms with Gasteiger partial charge < -0.3 is 22.6 Å². The molecule has 0 aliphatic heterocycles. The van der Waals surface area contributed by atoms with Crippen LogP contribution >= 0.6 is 17.2 Å². The number of nitro groups is 1. The van der Waals surface area contributed by atoms with Crippen LogP contribution < -0.4 is 22.6 Å². The summed E-state index contributed by atoms with van der Waals surface area (Å²) in [5.41, 5.74) is 4.36. The number of non-ortho nitro benzene ring substituents is 1. The van der Waals surface area contributed by atoms with E-state index in [1.165, 1.54) is 12.1 Å². The van der Waals surface area contributed by atoms with Gasteiger partial charge in [-0.25, -0.2) is 0 Å². The molecule has 5 aromatic rings. The topological polar surface area (TPSA) is 98.5 Å². The van der Waals surface area contributed by atoms with Crippen LogP contribution in [0.1, 0.15) is 27.8 Å². The Hall–Kier alpha value is -4.68. The number of benzene rings is 5. The molecule has 0 saturated heterocycles. The maximum atomic E-state index is 11.8. The first-order valence-corrected chi connectivity index (χ1v) is 16.6. The highest BCUT2D eigenvalue weighted by atomic mass is 31.2. The van der Waals surface area contributed by atoms with E-state index < -0.39 is 22.1 Å². The molecule has 9 nitrogen and oxygen atoms in total. The van der Waals surface area contributed by atoms with Crippen molar-refractivity contribution in [3.63, 3.8) is 0 Å². The molecule has 0 heterocycles. The van der Waals surface area contributed by atoms with Gasteiger partial charge in [-0.1, -0.05) is 48.5 Å². The van der Waals surface area contributed by atoms with Crippen molar-refractivity contribution in [2.24, 2.45) is 0 Å². The zero-order valence-corrected chi connectivity index (χ0v) is 27.6. The first-order valence-electron chi connectivity index (χ1n) is 14.4. The predicted octanol–water partition coefficient (Wildman–Crippen LogP) is 10.5. The normalized spacial score (nSPS) is 10.9. The van der Waals surface area contributed by atoms with E-state index in [1.54, 1.807) is 18.2 Å². The largest absolute Gasteiger partial charge is 0.530 e. The number of hydrogen-bond acceptors (Lipinski definition) is 8. The fraction of sp³-hybridized carbons (Fsp3) is 0.143. The lowest BCUT2D eigenvalue weighted by Gasteiger charge is -2.21. The third-order valence-electron chi connectivity index (χ3n) is 6.44. The molecule has 0 aliphatic carbocycles. The average Bonchev–Trinajstić information content (AvgIpc) is 3.00. The van der Waals surface area contributed by atoms with Crippen molar-refractivity contribution in [1.82, 2.24) is 0 Å². The summed E-state index contributed by atoms with van der Waals surface area (Å²) in [4.78, 5) is 11.3. The minimum absolute atomic E-state index is 0.0469. The second kappa shape index (κ2) is 15.5. The second-order valence-corrected chi connectivity index (χ2v) is 12.6. The molecule has 0 spiro atoms. The quantitative estimate of drug-likeness (QED) is 0.0661. The van der Waals surface area contributed by atoms with Crippen LogP contribution in [0.4, 0.5) is 5.69 Å². The Kier molecular flexibility index (Phi) is 11.1. The zero-order chi connectivity index (χ0) is 32.5. The standard InChI is InChI=1S/C35H33NO8P2/c1-25-9-5-13-31(19-25)40-45(41-32-14-6-10-26(2)20-32)39-24-29-17-18-30(36(37)38)23-35(29)44-46(42-33-15-7-11-27(3)21-33)43-34-16-8-12-28(4)22-34/h5-23H,24H2,1-4H3. The number of aryl methyl sites for hydroxylation is 4. The molecule has 0 bridgehead atoms. The predicted molar refractivity (Wildman–Crippen MR) is 180 cm³/mol. The third-order valence-corrected chi connectivity index (χ3v) is 8.56. The minimum Gasteiger partial charge on any atom is -0.418 e. The van der Waals surface area contributed by atoms with Gasteiger partial charge >= 0.3 is 17.2 Å². The van der Waals surface area contributed by atoms with Gasteiger partial charge in [-0.2, -0.15) is 0 Å². The van der Waals surface area contributed by atoms with E-state index in [4.69, 9.17) is 27.1 Å². The molecule has 5 aromatic carbocycles. The highest BCUT2D eigenvalue weighted by molar-refractivity contribution is 7.43. The maximum Gasteiger partial charge on any atom is 0.530 e. The van der Waals surface area contributed by atoms with E-state index in [-0.39, 0.29) is 18.0 Å². The first kappa shape index (κ1) is 32.7. The van der Waals surface area contributed by atoms with Gasteiger partial charge in [-0.15, -0.1) is 0 Å². The summed E-state index contributed by atoms with van der Waals surface area (Å²) in [5.74, 6) is 2.40. The summed E-state index contributed by atoms with van der Waals surface area (Å²) in [6.45, 7) is 7.78. The molecule has 0 aromatic heterocycles. The zero-order valence-electron chi connectivity index (χ0n) is 25.8. The SMILES string of the molecule is Cc1cccc(OP(OCc2ccc([N+](=O)[O-])cc2OP(Oc2cccc(C)c2)Oc2cccc(C)c2)Oc2cccc(C)c2)c1.